The van der Waals surface area contributed by atoms with E-state index in [0.717, 1.165) is 42.8 Å². The summed E-state index contributed by atoms with van der Waals surface area (Å²) in [4.78, 5) is 47.4. The Morgan fingerprint density at radius 2 is 1.85 bits per heavy atom. The second-order valence-electron chi connectivity index (χ2n) is 15.1. The van der Waals surface area contributed by atoms with Gasteiger partial charge in [-0.2, -0.15) is 0 Å². The van der Waals surface area contributed by atoms with Gasteiger partial charge in [-0.25, -0.2) is 19.2 Å². The first-order valence-electron chi connectivity index (χ1n) is 18.7. The number of hydrogen-bond donors (Lipinski definition) is 0. The molecule has 1 aromatic carbocycles. The smallest absolute Gasteiger partial charge is 0.410 e. The van der Waals surface area contributed by atoms with Gasteiger partial charge in [0.15, 0.2) is 11.6 Å². The minimum atomic E-state index is -0.544. The number of ether oxygens (including phenoxy) is 4. The van der Waals surface area contributed by atoms with E-state index < -0.39 is 11.4 Å². The fourth-order valence-corrected chi connectivity index (χ4v) is 7.10. The van der Waals surface area contributed by atoms with Crippen LogP contribution >= 0.6 is 0 Å². The summed E-state index contributed by atoms with van der Waals surface area (Å²) in [6.07, 6.45) is 6.75. The zero-order valence-electron chi connectivity index (χ0n) is 31.7. The molecular formula is C39H52FN7O6. The standard InChI is InChI=1S/C39H52FN7O6/c1-7-47(26(2)3)37(48)30-20-27(40)8-9-33(30)52-35-21-41-25-43-36(35)45-16-11-28(12-17-45)51-34-10-14-42-32-13-15-44(24-31(32)34)22-29-23-46(18-19-50-29)38(49)53-39(4,5)6/h8-10,14,20-21,25-26,28-29H,7,11-13,15-19,22-24H2,1-6H3/t29-/m0/s1. The van der Waals surface area contributed by atoms with Crippen molar-refractivity contribution in [3.8, 4) is 17.2 Å². The van der Waals surface area contributed by atoms with Crippen LogP contribution in [-0.4, -0.2) is 118 Å². The summed E-state index contributed by atoms with van der Waals surface area (Å²) in [6.45, 7) is 16.9. The molecule has 3 aromatic rings. The van der Waals surface area contributed by atoms with Gasteiger partial charge in [0.05, 0.1) is 31.0 Å². The molecule has 0 spiro atoms. The number of fused-ring (bicyclic) bond motifs is 1. The van der Waals surface area contributed by atoms with E-state index in [-0.39, 0.29) is 41.6 Å². The van der Waals surface area contributed by atoms with Crippen molar-refractivity contribution >= 4 is 17.8 Å². The Kier molecular flexibility index (Phi) is 12.0. The topological polar surface area (TPSA) is 123 Å². The summed E-state index contributed by atoms with van der Waals surface area (Å²) in [5, 5.41) is 0. The Bertz CT molecular complexity index is 1750. The zero-order chi connectivity index (χ0) is 37.7. The number of aromatic nitrogens is 3. The van der Waals surface area contributed by atoms with Crippen LogP contribution in [0, 0.1) is 5.82 Å². The molecule has 0 N–H and O–H groups in total. The summed E-state index contributed by atoms with van der Waals surface area (Å²) in [7, 11) is 0. The van der Waals surface area contributed by atoms with E-state index in [1.165, 1.54) is 24.5 Å². The summed E-state index contributed by atoms with van der Waals surface area (Å²) in [6, 6.07) is 5.87. The van der Waals surface area contributed by atoms with Gasteiger partial charge in [0.1, 0.15) is 35.3 Å². The van der Waals surface area contributed by atoms with Crippen molar-refractivity contribution in [1.29, 1.82) is 0 Å². The lowest BCUT2D eigenvalue weighted by molar-refractivity contribution is -0.0536. The molecule has 2 saturated heterocycles. The molecule has 2 amide bonds. The number of piperidine rings is 1. The minimum Gasteiger partial charge on any atom is -0.490 e. The predicted molar refractivity (Wildman–Crippen MR) is 197 cm³/mol. The van der Waals surface area contributed by atoms with E-state index in [9.17, 15) is 14.0 Å². The normalized spacial score (nSPS) is 18.5. The van der Waals surface area contributed by atoms with Crippen LogP contribution in [0.1, 0.15) is 76.0 Å². The van der Waals surface area contributed by atoms with Gasteiger partial charge in [0.25, 0.3) is 5.91 Å². The van der Waals surface area contributed by atoms with Gasteiger partial charge in [-0.1, -0.05) is 0 Å². The van der Waals surface area contributed by atoms with Crippen LogP contribution in [0.25, 0.3) is 0 Å². The van der Waals surface area contributed by atoms with Gasteiger partial charge in [0.2, 0.25) is 0 Å². The molecule has 0 radical (unpaired) electrons. The van der Waals surface area contributed by atoms with Gasteiger partial charge >= 0.3 is 6.09 Å². The van der Waals surface area contributed by atoms with Crippen molar-refractivity contribution in [2.45, 2.75) is 91.2 Å². The number of rotatable bonds is 10. The van der Waals surface area contributed by atoms with Crippen molar-refractivity contribution < 1.29 is 32.9 Å². The number of morpholine rings is 1. The fraction of sp³-hybridized carbons (Fsp3) is 0.564. The highest BCUT2D eigenvalue weighted by atomic mass is 19.1. The first-order valence-corrected chi connectivity index (χ1v) is 18.7. The van der Waals surface area contributed by atoms with Crippen LogP contribution < -0.4 is 14.4 Å². The van der Waals surface area contributed by atoms with Gasteiger partial charge < -0.3 is 33.6 Å². The molecule has 53 heavy (non-hydrogen) atoms. The number of carbonyl (C=O) groups excluding carboxylic acids is 2. The van der Waals surface area contributed by atoms with Crippen molar-refractivity contribution in [2.24, 2.45) is 0 Å². The predicted octanol–water partition coefficient (Wildman–Crippen LogP) is 5.72. The van der Waals surface area contributed by atoms with Gasteiger partial charge in [0, 0.05) is 88.6 Å². The first kappa shape index (κ1) is 38.2. The average Bonchev–Trinajstić information content (AvgIpc) is 3.13. The number of pyridine rings is 1. The molecule has 3 aliphatic heterocycles. The van der Waals surface area contributed by atoms with Crippen molar-refractivity contribution in [2.75, 3.05) is 57.3 Å². The number of anilines is 1. The second-order valence-corrected chi connectivity index (χ2v) is 15.1. The largest absolute Gasteiger partial charge is 0.490 e. The SMILES string of the molecule is CCN(C(=O)c1cc(F)ccc1Oc1cncnc1N1CCC(Oc2ccnc3c2CN(C[C@H]2CN(C(=O)OC(C)(C)C)CCO2)CC3)CC1)C(C)C. The summed E-state index contributed by atoms with van der Waals surface area (Å²) < 4.78 is 39.0. The van der Waals surface area contributed by atoms with Crippen LogP contribution in [0.3, 0.4) is 0 Å². The molecule has 6 rings (SSSR count). The highest BCUT2D eigenvalue weighted by Crippen LogP contribution is 2.35. The van der Waals surface area contributed by atoms with Gasteiger partial charge in [-0.3, -0.25) is 14.7 Å². The van der Waals surface area contributed by atoms with Crippen LogP contribution in [0.15, 0.2) is 43.0 Å². The van der Waals surface area contributed by atoms with E-state index in [4.69, 9.17) is 18.9 Å². The molecule has 5 heterocycles. The number of benzene rings is 1. The Morgan fingerprint density at radius 1 is 1.06 bits per heavy atom. The Labute approximate surface area is 311 Å². The maximum atomic E-state index is 14.4. The van der Waals surface area contributed by atoms with Crippen molar-refractivity contribution in [1.82, 2.24) is 29.7 Å². The highest BCUT2D eigenvalue weighted by Gasteiger charge is 2.32. The Morgan fingerprint density at radius 3 is 2.58 bits per heavy atom. The number of amides is 2. The van der Waals surface area contributed by atoms with Crippen LogP contribution in [-0.2, 0) is 22.4 Å². The molecular weight excluding hydrogens is 681 g/mol. The van der Waals surface area contributed by atoms with E-state index in [2.05, 4.69) is 24.8 Å². The average molecular weight is 734 g/mol. The van der Waals surface area contributed by atoms with E-state index in [1.54, 1.807) is 16.0 Å². The molecule has 14 heteroatoms. The van der Waals surface area contributed by atoms with Gasteiger partial charge in [-0.15, -0.1) is 0 Å². The monoisotopic (exact) mass is 733 g/mol. The highest BCUT2D eigenvalue weighted by molar-refractivity contribution is 5.97. The van der Waals surface area contributed by atoms with Gasteiger partial charge in [-0.05, 0) is 65.8 Å². The summed E-state index contributed by atoms with van der Waals surface area (Å²) in [5.41, 5.74) is 1.75. The second kappa shape index (κ2) is 16.6. The van der Waals surface area contributed by atoms with Crippen molar-refractivity contribution in [3.05, 3.63) is 65.6 Å². The number of halogens is 1. The number of hydrogen-bond acceptors (Lipinski definition) is 11. The number of nitrogens with zero attached hydrogens (tertiary/aromatic N) is 7. The van der Waals surface area contributed by atoms with E-state index in [1.807, 2.05) is 53.8 Å². The zero-order valence-corrected chi connectivity index (χ0v) is 31.7. The lowest BCUT2D eigenvalue weighted by Crippen LogP contribution is -2.51. The molecule has 1 atom stereocenters. The molecule has 3 aliphatic rings. The van der Waals surface area contributed by atoms with Crippen LogP contribution in [0.4, 0.5) is 15.0 Å². The molecule has 2 aromatic heterocycles. The molecule has 286 valence electrons. The third-order valence-electron chi connectivity index (χ3n) is 9.71. The van der Waals surface area contributed by atoms with E-state index >= 15 is 0 Å². The Hall–Kier alpha value is -4.56. The quantitative estimate of drug-likeness (QED) is 0.255. The summed E-state index contributed by atoms with van der Waals surface area (Å²) >= 11 is 0. The lowest BCUT2D eigenvalue weighted by atomic mass is 10.0. The molecule has 0 unspecified atom stereocenters. The third-order valence-corrected chi connectivity index (χ3v) is 9.71. The first-order chi connectivity index (χ1) is 25.4. The van der Waals surface area contributed by atoms with Crippen LogP contribution in [0.5, 0.6) is 17.2 Å². The maximum Gasteiger partial charge on any atom is 0.410 e. The van der Waals surface area contributed by atoms with Crippen molar-refractivity contribution in [3.63, 3.8) is 0 Å². The number of carbonyl (C=O) groups is 2. The summed E-state index contributed by atoms with van der Waals surface area (Å²) in [5.74, 6) is 1.27. The van der Waals surface area contributed by atoms with E-state index in [0.29, 0.717) is 64.0 Å². The lowest BCUT2D eigenvalue weighted by Gasteiger charge is -2.38. The molecule has 2 fully saturated rings. The molecule has 0 saturated carbocycles. The van der Waals surface area contributed by atoms with Crippen LogP contribution in [0.2, 0.25) is 0 Å². The minimum absolute atomic E-state index is 0.0132. The Balaban J connectivity index is 1.07. The fourth-order valence-electron chi connectivity index (χ4n) is 7.10. The maximum absolute atomic E-state index is 14.4. The molecule has 0 aliphatic carbocycles. The molecule has 13 nitrogen and oxygen atoms in total. The third kappa shape index (κ3) is 9.52. The molecule has 0 bridgehead atoms.